The molecule has 2 nitrogen and oxygen atoms in total. The highest BCUT2D eigenvalue weighted by Gasteiger charge is 2.16. The fraction of sp³-hybridized carbons (Fsp3) is 0.375. The van der Waals surface area contributed by atoms with Gasteiger partial charge >= 0.3 is 0 Å². The van der Waals surface area contributed by atoms with E-state index in [1.54, 1.807) is 12.4 Å². The molecule has 0 saturated heterocycles. The van der Waals surface area contributed by atoms with Gasteiger partial charge < -0.3 is 5.21 Å². The Balaban J connectivity index is 2.99. The molecule has 0 aliphatic heterocycles. The van der Waals surface area contributed by atoms with Crippen LogP contribution in [0.25, 0.3) is 0 Å². The Labute approximate surface area is 68.1 Å². The van der Waals surface area contributed by atoms with E-state index in [1.165, 1.54) is 5.19 Å². The second-order valence-electron chi connectivity index (χ2n) is 3.70. The third kappa shape index (κ3) is 2.05. The van der Waals surface area contributed by atoms with Gasteiger partial charge in [0.05, 0.1) is 8.07 Å². The van der Waals surface area contributed by atoms with Crippen LogP contribution in [0.1, 0.15) is 0 Å². The smallest absolute Gasteiger partial charge is 0.180 e. The summed E-state index contributed by atoms with van der Waals surface area (Å²) >= 11 is 0. The van der Waals surface area contributed by atoms with Crippen molar-refractivity contribution in [3.63, 3.8) is 0 Å². The minimum atomic E-state index is -1.21. The van der Waals surface area contributed by atoms with E-state index in [0.29, 0.717) is 0 Å². The summed E-state index contributed by atoms with van der Waals surface area (Å²) in [5.74, 6) is 0. The van der Waals surface area contributed by atoms with E-state index >= 15 is 0 Å². The monoisotopic (exact) mass is 167 g/mol. The normalized spacial score (nSPS) is 11.5. The first-order valence-electron chi connectivity index (χ1n) is 3.69. The molecule has 0 unspecified atom stereocenters. The van der Waals surface area contributed by atoms with Gasteiger partial charge in [0.25, 0.3) is 0 Å². The summed E-state index contributed by atoms with van der Waals surface area (Å²) in [7, 11) is -1.21. The lowest BCUT2D eigenvalue weighted by molar-refractivity contribution is -0.605. The molecule has 0 bridgehead atoms. The highest BCUT2D eigenvalue weighted by Crippen LogP contribution is 1.99. The van der Waals surface area contributed by atoms with Gasteiger partial charge in [0.1, 0.15) is 0 Å². The highest BCUT2D eigenvalue weighted by atomic mass is 28.3. The second-order valence-corrected chi connectivity index (χ2v) is 8.77. The van der Waals surface area contributed by atoms with Crippen molar-refractivity contribution in [3.05, 3.63) is 29.7 Å². The largest absolute Gasteiger partial charge is 0.619 e. The summed E-state index contributed by atoms with van der Waals surface area (Å²) in [6.45, 7) is 6.78. The lowest BCUT2D eigenvalue weighted by atomic mass is 10.5. The molecule has 1 rings (SSSR count). The lowest BCUT2D eigenvalue weighted by Gasteiger charge is -2.14. The van der Waals surface area contributed by atoms with Crippen LogP contribution in [0.5, 0.6) is 0 Å². The van der Waals surface area contributed by atoms with Gasteiger partial charge in [0.2, 0.25) is 0 Å². The van der Waals surface area contributed by atoms with Crippen molar-refractivity contribution in [2.75, 3.05) is 0 Å². The van der Waals surface area contributed by atoms with Crippen LogP contribution in [0.2, 0.25) is 19.6 Å². The predicted octanol–water partition coefficient (Wildman–Crippen LogP) is 0.865. The standard InChI is InChI=1S/C8H13NOSi/c1-11(2,3)8-4-6-9(10)7-5-8/h4-7H,1-3H3. The van der Waals surface area contributed by atoms with E-state index in [2.05, 4.69) is 19.6 Å². The van der Waals surface area contributed by atoms with Crippen LogP contribution in [-0.2, 0) is 0 Å². The zero-order valence-corrected chi connectivity index (χ0v) is 8.16. The molecule has 11 heavy (non-hydrogen) atoms. The number of rotatable bonds is 1. The molecule has 60 valence electrons. The third-order valence-electron chi connectivity index (χ3n) is 1.67. The molecule has 0 aliphatic carbocycles. The van der Waals surface area contributed by atoms with Gasteiger partial charge in [-0.25, -0.2) is 0 Å². The first-order chi connectivity index (χ1) is 5.00. The van der Waals surface area contributed by atoms with Crippen molar-refractivity contribution in [1.82, 2.24) is 0 Å². The average molecular weight is 167 g/mol. The Morgan fingerprint density at radius 1 is 1.18 bits per heavy atom. The lowest BCUT2D eigenvalue weighted by Crippen LogP contribution is -2.40. The minimum Gasteiger partial charge on any atom is -0.619 e. The highest BCUT2D eigenvalue weighted by molar-refractivity contribution is 6.88. The first kappa shape index (κ1) is 8.27. The van der Waals surface area contributed by atoms with Crippen molar-refractivity contribution in [2.24, 2.45) is 0 Å². The van der Waals surface area contributed by atoms with Crippen molar-refractivity contribution in [3.8, 4) is 0 Å². The number of aromatic nitrogens is 1. The summed E-state index contributed by atoms with van der Waals surface area (Å²) in [6.07, 6.45) is 3.13. The van der Waals surface area contributed by atoms with Crippen LogP contribution in [0.15, 0.2) is 24.5 Å². The van der Waals surface area contributed by atoms with Crippen LogP contribution >= 0.6 is 0 Å². The number of hydrogen-bond acceptors (Lipinski definition) is 1. The number of hydrogen-bond donors (Lipinski definition) is 0. The molecular weight excluding hydrogens is 154 g/mol. The minimum absolute atomic E-state index is 0.823. The summed E-state index contributed by atoms with van der Waals surface area (Å²) in [6, 6.07) is 3.83. The predicted molar refractivity (Wildman–Crippen MR) is 48.4 cm³/mol. The summed E-state index contributed by atoms with van der Waals surface area (Å²) in [5.41, 5.74) is 0. The average Bonchev–Trinajstić information content (AvgIpc) is 1.86. The second kappa shape index (κ2) is 2.66. The third-order valence-corrected chi connectivity index (χ3v) is 3.73. The fourth-order valence-electron chi connectivity index (χ4n) is 0.913. The molecule has 3 heteroatoms. The van der Waals surface area contributed by atoms with Crippen molar-refractivity contribution in [1.29, 1.82) is 0 Å². The van der Waals surface area contributed by atoms with Gasteiger partial charge in [-0.15, -0.1) is 0 Å². The van der Waals surface area contributed by atoms with E-state index in [-0.39, 0.29) is 0 Å². The molecule has 0 atom stereocenters. The van der Waals surface area contributed by atoms with Crippen LogP contribution in [0.4, 0.5) is 0 Å². The Morgan fingerprint density at radius 3 is 2.00 bits per heavy atom. The zero-order valence-electron chi connectivity index (χ0n) is 7.16. The van der Waals surface area contributed by atoms with Crippen molar-refractivity contribution in [2.45, 2.75) is 19.6 Å². The topological polar surface area (TPSA) is 26.9 Å². The van der Waals surface area contributed by atoms with Crippen LogP contribution in [0.3, 0.4) is 0 Å². The van der Waals surface area contributed by atoms with E-state index < -0.39 is 8.07 Å². The van der Waals surface area contributed by atoms with Crippen LogP contribution < -0.4 is 9.92 Å². The summed E-state index contributed by atoms with van der Waals surface area (Å²) < 4.78 is 0.823. The van der Waals surface area contributed by atoms with Crippen molar-refractivity contribution < 1.29 is 4.73 Å². The van der Waals surface area contributed by atoms with Gasteiger partial charge in [-0.05, 0) is 5.19 Å². The molecule has 1 aromatic heterocycles. The summed E-state index contributed by atoms with van der Waals surface area (Å²) in [5, 5.41) is 12.0. The molecule has 0 aliphatic rings. The van der Waals surface area contributed by atoms with E-state index in [1.807, 2.05) is 12.1 Å². The SMILES string of the molecule is C[Si](C)(C)c1cc[n+]([O-])cc1. The number of nitrogens with zero attached hydrogens (tertiary/aromatic N) is 1. The van der Waals surface area contributed by atoms with Crippen LogP contribution in [0, 0.1) is 5.21 Å². The number of pyridine rings is 1. The molecule has 0 saturated carbocycles. The molecule has 1 heterocycles. The molecule has 0 radical (unpaired) electrons. The van der Waals surface area contributed by atoms with Gasteiger partial charge in [-0.1, -0.05) is 19.6 Å². The van der Waals surface area contributed by atoms with Crippen molar-refractivity contribution >= 4 is 13.3 Å². The van der Waals surface area contributed by atoms with Gasteiger partial charge in [0.15, 0.2) is 12.4 Å². The molecule has 0 spiro atoms. The Hall–Kier alpha value is -0.833. The quantitative estimate of drug-likeness (QED) is 0.346. The maximum Gasteiger partial charge on any atom is 0.180 e. The van der Waals surface area contributed by atoms with Gasteiger partial charge in [0, 0.05) is 12.1 Å². The maximum absolute atomic E-state index is 10.7. The van der Waals surface area contributed by atoms with E-state index in [0.717, 1.165) is 4.73 Å². The molecule has 1 aromatic rings. The maximum atomic E-state index is 10.7. The van der Waals surface area contributed by atoms with Gasteiger partial charge in [-0.3, -0.25) is 0 Å². The van der Waals surface area contributed by atoms with Gasteiger partial charge in [-0.2, -0.15) is 4.73 Å². The Kier molecular flexibility index (Phi) is 2.00. The molecule has 0 aromatic carbocycles. The Bertz CT molecular complexity index is 237. The molecular formula is C8H13NOSi. The Morgan fingerprint density at radius 2 is 1.64 bits per heavy atom. The molecule has 0 amide bonds. The van der Waals surface area contributed by atoms with Crippen LogP contribution in [-0.4, -0.2) is 8.07 Å². The first-order valence-corrected chi connectivity index (χ1v) is 7.19. The molecule has 0 fully saturated rings. The zero-order chi connectivity index (χ0) is 8.48. The summed E-state index contributed by atoms with van der Waals surface area (Å²) in [4.78, 5) is 0. The van der Waals surface area contributed by atoms with E-state index in [9.17, 15) is 5.21 Å². The molecule has 0 N–H and O–H groups in total. The van der Waals surface area contributed by atoms with E-state index in [4.69, 9.17) is 0 Å². The fourth-order valence-corrected chi connectivity index (χ4v) is 2.06.